The quantitative estimate of drug-likeness (QED) is 0.644. The Morgan fingerprint density at radius 2 is 1.93 bits per heavy atom. The van der Waals surface area contributed by atoms with Crippen molar-refractivity contribution in [2.24, 2.45) is 0 Å². The van der Waals surface area contributed by atoms with E-state index in [4.69, 9.17) is 9.47 Å². The number of carbonyl (C=O) groups excluding carboxylic acids is 1. The van der Waals surface area contributed by atoms with Gasteiger partial charge in [0, 0.05) is 12.6 Å². The Balaban J connectivity index is 1.59. The molecule has 1 saturated carbocycles. The predicted octanol–water partition coefficient (Wildman–Crippen LogP) is 3.60. The molecule has 1 aliphatic rings. The Kier molecular flexibility index (Phi) is 7.19. The van der Waals surface area contributed by atoms with Crippen LogP contribution in [0.5, 0.6) is 11.5 Å². The topological polar surface area (TPSA) is 78.3 Å². The summed E-state index contributed by atoms with van der Waals surface area (Å²) in [6.07, 6.45) is 4.33. The Hall–Kier alpha value is -2.22. The molecule has 1 fully saturated rings. The van der Waals surface area contributed by atoms with Gasteiger partial charge in [0.2, 0.25) is 5.91 Å². The standard InChI is InChI=1S/C20H28N4O3S/c1-4-24-19(14(2)27-17-11-9-16(26-3)10-12-17)22-23-20(24)28-13-18(25)21-15-7-5-6-8-15/h9-12,14-15H,4-8,13H2,1-3H3,(H,21,25). The third kappa shape index (κ3) is 5.19. The van der Waals surface area contributed by atoms with Crippen molar-refractivity contribution < 1.29 is 14.3 Å². The van der Waals surface area contributed by atoms with E-state index in [9.17, 15) is 4.79 Å². The van der Waals surface area contributed by atoms with Crippen LogP contribution in [0.15, 0.2) is 29.4 Å². The minimum atomic E-state index is -0.262. The Bertz CT molecular complexity index is 772. The van der Waals surface area contributed by atoms with Crippen molar-refractivity contribution in [2.75, 3.05) is 12.9 Å². The van der Waals surface area contributed by atoms with Gasteiger partial charge in [0.15, 0.2) is 17.1 Å². The number of thioether (sulfide) groups is 1. The number of nitrogens with zero attached hydrogens (tertiary/aromatic N) is 3. The van der Waals surface area contributed by atoms with Gasteiger partial charge in [-0.1, -0.05) is 24.6 Å². The zero-order chi connectivity index (χ0) is 19.9. The normalized spacial score (nSPS) is 15.4. The lowest BCUT2D eigenvalue weighted by Gasteiger charge is -2.16. The Morgan fingerprint density at radius 3 is 2.57 bits per heavy atom. The van der Waals surface area contributed by atoms with Gasteiger partial charge >= 0.3 is 0 Å². The van der Waals surface area contributed by atoms with Crippen molar-refractivity contribution in [1.82, 2.24) is 20.1 Å². The van der Waals surface area contributed by atoms with Crippen LogP contribution >= 0.6 is 11.8 Å². The van der Waals surface area contributed by atoms with E-state index in [0.717, 1.165) is 35.3 Å². The lowest BCUT2D eigenvalue weighted by atomic mass is 10.2. The van der Waals surface area contributed by atoms with Crippen LogP contribution in [-0.4, -0.2) is 39.6 Å². The second kappa shape index (κ2) is 9.82. The highest BCUT2D eigenvalue weighted by Gasteiger charge is 2.21. The zero-order valence-electron chi connectivity index (χ0n) is 16.7. The van der Waals surface area contributed by atoms with E-state index in [0.29, 0.717) is 18.3 Å². The maximum Gasteiger partial charge on any atom is 0.230 e. The van der Waals surface area contributed by atoms with Gasteiger partial charge in [0.05, 0.1) is 12.9 Å². The molecule has 3 rings (SSSR count). The average molecular weight is 405 g/mol. The molecule has 152 valence electrons. The summed E-state index contributed by atoms with van der Waals surface area (Å²) in [7, 11) is 1.63. The van der Waals surface area contributed by atoms with Gasteiger partial charge in [-0.3, -0.25) is 4.79 Å². The highest BCUT2D eigenvalue weighted by atomic mass is 32.2. The monoisotopic (exact) mass is 404 g/mol. The van der Waals surface area contributed by atoms with E-state index < -0.39 is 0 Å². The first-order valence-electron chi connectivity index (χ1n) is 9.76. The smallest absolute Gasteiger partial charge is 0.230 e. The molecule has 0 radical (unpaired) electrons. The van der Waals surface area contributed by atoms with Gasteiger partial charge in [-0.15, -0.1) is 10.2 Å². The van der Waals surface area contributed by atoms with Gasteiger partial charge in [0.1, 0.15) is 11.5 Å². The molecular formula is C20H28N4O3S. The largest absolute Gasteiger partial charge is 0.497 e. The first-order valence-corrected chi connectivity index (χ1v) is 10.7. The fraction of sp³-hybridized carbons (Fsp3) is 0.550. The van der Waals surface area contributed by atoms with Gasteiger partial charge in [-0.05, 0) is 51.0 Å². The lowest BCUT2D eigenvalue weighted by Crippen LogP contribution is -2.33. The fourth-order valence-electron chi connectivity index (χ4n) is 3.39. The highest BCUT2D eigenvalue weighted by molar-refractivity contribution is 7.99. The summed E-state index contributed by atoms with van der Waals surface area (Å²) < 4.78 is 13.2. The molecule has 1 amide bonds. The van der Waals surface area contributed by atoms with Crippen molar-refractivity contribution in [2.45, 2.75) is 63.4 Å². The molecule has 1 atom stereocenters. The van der Waals surface area contributed by atoms with E-state index in [1.807, 2.05) is 42.7 Å². The van der Waals surface area contributed by atoms with Crippen molar-refractivity contribution in [1.29, 1.82) is 0 Å². The van der Waals surface area contributed by atoms with E-state index in [1.54, 1.807) is 7.11 Å². The number of hydrogen-bond acceptors (Lipinski definition) is 6. The van der Waals surface area contributed by atoms with E-state index in [1.165, 1.54) is 24.6 Å². The third-order valence-corrected chi connectivity index (χ3v) is 5.82. The van der Waals surface area contributed by atoms with Gasteiger partial charge in [-0.2, -0.15) is 0 Å². The first-order chi connectivity index (χ1) is 13.6. The van der Waals surface area contributed by atoms with E-state index in [2.05, 4.69) is 15.5 Å². The predicted molar refractivity (Wildman–Crippen MR) is 109 cm³/mol. The van der Waals surface area contributed by atoms with Crippen molar-refractivity contribution in [3.8, 4) is 11.5 Å². The SMILES string of the molecule is CCn1c(SCC(=O)NC2CCCC2)nnc1C(C)Oc1ccc(OC)cc1. The molecule has 7 nitrogen and oxygen atoms in total. The van der Waals surface area contributed by atoms with Gasteiger partial charge in [0.25, 0.3) is 0 Å². The summed E-state index contributed by atoms with van der Waals surface area (Å²) in [6.45, 7) is 4.70. The molecule has 28 heavy (non-hydrogen) atoms. The number of benzene rings is 1. The number of rotatable bonds is 9. The summed E-state index contributed by atoms with van der Waals surface area (Å²) in [5.41, 5.74) is 0. The molecule has 0 bridgehead atoms. The summed E-state index contributed by atoms with van der Waals surface area (Å²) >= 11 is 1.42. The van der Waals surface area contributed by atoms with Crippen LogP contribution < -0.4 is 14.8 Å². The molecule has 0 spiro atoms. The van der Waals surface area contributed by atoms with Crippen LogP contribution in [0, 0.1) is 0 Å². The molecule has 1 N–H and O–H groups in total. The molecule has 1 heterocycles. The molecule has 0 aliphatic heterocycles. The number of aromatic nitrogens is 3. The van der Waals surface area contributed by atoms with E-state index >= 15 is 0 Å². The average Bonchev–Trinajstić information content (AvgIpc) is 3.36. The Labute approximate surface area is 170 Å². The molecule has 2 aromatic rings. The van der Waals surface area contributed by atoms with Crippen LogP contribution in [0.25, 0.3) is 0 Å². The first kappa shape index (κ1) is 20.5. The van der Waals surface area contributed by atoms with E-state index in [-0.39, 0.29) is 12.0 Å². The number of nitrogens with one attached hydrogen (secondary N) is 1. The second-order valence-corrected chi connectivity index (χ2v) is 7.80. The molecule has 1 aromatic carbocycles. The number of carbonyl (C=O) groups is 1. The maximum absolute atomic E-state index is 12.2. The fourth-order valence-corrected chi connectivity index (χ4v) is 4.21. The summed E-state index contributed by atoms with van der Waals surface area (Å²) in [5, 5.41) is 12.4. The van der Waals surface area contributed by atoms with Crippen LogP contribution in [0.4, 0.5) is 0 Å². The van der Waals surface area contributed by atoms with Crippen molar-refractivity contribution in [3.63, 3.8) is 0 Å². The van der Waals surface area contributed by atoms with Crippen molar-refractivity contribution >= 4 is 17.7 Å². The van der Waals surface area contributed by atoms with Gasteiger partial charge in [-0.25, -0.2) is 0 Å². The maximum atomic E-state index is 12.2. The summed E-state index contributed by atoms with van der Waals surface area (Å²) in [6, 6.07) is 7.79. The molecule has 1 unspecified atom stereocenters. The third-order valence-electron chi connectivity index (χ3n) is 4.85. The van der Waals surface area contributed by atoms with Crippen LogP contribution in [0.2, 0.25) is 0 Å². The molecule has 1 aliphatic carbocycles. The molecule has 0 saturated heterocycles. The van der Waals surface area contributed by atoms with Crippen molar-refractivity contribution in [3.05, 3.63) is 30.1 Å². The second-order valence-electron chi connectivity index (χ2n) is 6.86. The zero-order valence-corrected chi connectivity index (χ0v) is 17.5. The van der Waals surface area contributed by atoms with Gasteiger partial charge < -0.3 is 19.4 Å². The van der Waals surface area contributed by atoms with Crippen LogP contribution in [0.3, 0.4) is 0 Å². The number of ether oxygens (including phenoxy) is 2. The molecule has 1 aromatic heterocycles. The number of hydrogen-bond donors (Lipinski definition) is 1. The van der Waals surface area contributed by atoms with Crippen LogP contribution in [-0.2, 0) is 11.3 Å². The summed E-state index contributed by atoms with van der Waals surface area (Å²) in [5.74, 6) is 2.68. The van der Waals surface area contributed by atoms with Crippen LogP contribution in [0.1, 0.15) is 51.5 Å². The minimum Gasteiger partial charge on any atom is -0.497 e. The number of methoxy groups -OCH3 is 1. The lowest BCUT2D eigenvalue weighted by molar-refractivity contribution is -0.119. The molecule has 8 heteroatoms. The Morgan fingerprint density at radius 1 is 1.25 bits per heavy atom. The highest BCUT2D eigenvalue weighted by Crippen LogP contribution is 2.26. The minimum absolute atomic E-state index is 0.0617. The number of amides is 1. The molecular weight excluding hydrogens is 376 g/mol. The summed E-state index contributed by atoms with van der Waals surface area (Å²) in [4.78, 5) is 12.2.